The number of hydrogen-bond donors (Lipinski definition) is 4. The third-order valence-electron chi connectivity index (χ3n) is 4.25. The molecule has 0 aromatic heterocycles. The molecular formula is C20H28N4O3. The molecule has 1 aliphatic rings. The van der Waals surface area contributed by atoms with E-state index in [2.05, 4.69) is 10.3 Å². The minimum Gasteiger partial charge on any atom is -0.397 e. The molecule has 0 fully saturated rings. The van der Waals surface area contributed by atoms with Gasteiger partial charge < -0.3 is 21.3 Å². The summed E-state index contributed by atoms with van der Waals surface area (Å²) < 4.78 is 0. The van der Waals surface area contributed by atoms with Crippen molar-refractivity contribution in [2.24, 2.45) is 10.7 Å². The number of carbonyl (C=O) groups is 1. The second-order valence-corrected chi connectivity index (χ2v) is 6.40. The van der Waals surface area contributed by atoms with Gasteiger partial charge in [-0.1, -0.05) is 0 Å². The highest BCUT2D eigenvalue weighted by Crippen LogP contribution is 2.19. The summed E-state index contributed by atoms with van der Waals surface area (Å²) >= 11 is 0. The second-order valence-electron chi connectivity index (χ2n) is 6.40. The fourth-order valence-electron chi connectivity index (χ4n) is 2.73. The Morgan fingerprint density at radius 3 is 2.37 bits per heavy atom. The maximum absolute atomic E-state index is 11.6. The summed E-state index contributed by atoms with van der Waals surface area (Å²) in [6.07, 6.45) is 4.01. The number of rotatable bonds is 10. The van der Waals surface area contributed by atoms with E-state index in [0.717, 1.165) is 30.9 Å². The number of carbonyl (C=O) groups excluding carboxylic acids is 1. The first-order chi connectivity index (χ1) is 13.0. The third kappa shape index (κ3) is 6.63. The summed E-state index contributed by atoms with van der Waals surface area (Å²) in [5, 5.41) is 21.4. The van der Waals surface area contributed by atoms with Gasteiger partial charge in [0.25, 0.3) is 0 Å². The van der Waals surface area contributed by atoms with Crippen LogP contribution in [0, 0.1) is 0 Å². The zero-order chi connectivity index (χ0) is 19.6. The zero-order valence-corrected chi connectivity index (χ0v) is 15.7. The van der Waals surface area contributed by atoms with Gasteiger partial charge in [-0.25, -0.2) is 4.99 Å². The molecule has 0 radical (unpaired) electrons. The lowest BCUT2D eigenvalue weighted by Crippen LogP contribution is -2.31. The maximum Gasteiger partial charge on any atom is 0.183 e. The third-order valence-corrected chi connectivity index (χ3v) is 4.25. The fourth-order valence-corrected chi connectivity index (χ4v) is 2.73. The molecule has 0 atom stereocenters. The lowest BCUT2D eigenvalue weighted by atomic mass is 10.0. The van der Waals surface area contributed by atoms with Gasteiger partial charge in [-0.3, -0.25) is 9.69 Å². The van der Waals surface area contributed by atoms with Crippen LogP contribution in [0.5, 0.6) is 0 Å². The molecule has 1 aromatic rings. The van der Waals surface area contributed by atoms with Crippen molar-refractivity contribution in [1.82, 2.24) is 4.90 Å². The van der Waals surface area contributed by atoms with Gasteiger partial charge >= 0.3 is 0 Å². The number of aliphatic hydroxyl groups excluding tert-OH is 2. The van der Waals surface area contributed by atoms with Crippen molar-refractivity contribution in [3.8, 4) is 0 Å². The van der Waals surface area contributed by atoms with Gasteiger partial charge in [0, 0.05) is 31.4 Å². The average molecular weight is 372 g/mol. The second kappa shape index (κ2) is 10.6. The van der Waals surface area contributed by atoms with Crippen molar-refractivity contribution < 1.29 is 15.0 Å². The molecule has 0 spiro atoms. The van der Waals surface area contributed by atoms with E-state index in [1.54, 1.807) is 13.0 Å². The molecular weight excluding hydrogens is 344 g/mol. The highest BCUT2D eigenvalue weighted by molar-refractivity contribution is 6.21. The van der Waals surface area contributed by atoms with Crippen molar-refractivity contribution in [3.63, 3.8) is 0 Å². The molecule has 0 unspecified atom stereocenters. The van der Waals surface area contributed by atoms with Gasteiger partial charge in [0.15, 0.2) is 5.78 Å². The average Bonchev–Trinajstić information content (AvgIpc) is 2.65. The molecule has 0 aliphatic heterocycles. The molecule has 2 rings (SSSR count). The summed E-state index contributed by atoms with van der Waals surface area (Å²) in [5.74, 6) is -0.0810. The molecule has 7 heteroatoms. The van der Waals surface area contributed by atoms with E-state index in [-0.39, 0.29) is 19.0 Å². The molecule has 1 aliphatic carbocycles. The van der Waals surface area contributed by atoms with Crippen LogP contribution >= 0.6 is 0 Å². The van der Waals surface area contributed by atoms with E-state index in [1.807, 2.05) is 29.2 Å². The predicted octanol–water partition coefficient (Wildman–Crippen LogP) is 1.22. The Labute approximate surface area is 159 Å². The molecule has 0 saturated carbocycles. The van der Waals surface area contributed by atoms with E-state index < -0.39 is 0 Å². The lowest BCUT2D eigenvalue weighted by molar-refractivity contribution is -0.111. The Bertz CT molecular complexity index is 717. The molecule has 27 heavy (non-hydrogen) atoms. The van der Waals surface area contributed by atoms with E-state index in [1.165, 1.54) is 6.08 Å². The van der Waals surface area contributed by atoms with Crippen molar-refractivity contribution in [1.29, 1.82) is 0 Å². The van der Waals surface area contributed by atoms with Crippen molar-refractivity contribution in [2.75, 3.05) is 44.7 Å². The number of allylic oxidation sites excluding steroid dienone is 3. The highest BCUT2D eigenvalue weighted by Gasteiger charge is 2.13. The largest absolute Gasteiger partial charge is 0.397 e. The minimum atomic E-state index is -0.0810. The predicted molar refractivity (Wildman–Crippen MR) is 108 cm³/mol. The highest BCUT2D eigenvalue weighted by atomic mass is 16.3. The molecule has 0 bridgehead atoms. The lowest BCUT2D eigenvalue weighted by Gasteiger charge is -2.20. The summed E-state index contributed by atoms with van der Waals surface area (Å²) in [5.41, 5.74) is 9.23. The molecule has 0 heterocycles. The number of aliphatic imine (C=N–C) groups is 1. The van der Waals surface area contributed by atoms with Crippen molar-refractivity contribution in [3.05, 3.63) is 47.7 Å². The standard InChI is InChI=1S/C20H28N4O3/c1-15-13-19(18(21)14-20(15)27)23-17-5-3-16(4-6-17)22-7-2-8-24(9-11-25)10-12-26/h3-6,13-14,22,25-26H,2,7-12,21H2,1H3/b23-19+. The summed E-state index contributed by atoms with van der Waals surface area (Å²) in [6.45, 7) is 4.70. The van der Waals surface area contributed by atoms with E-state index in [9.17, 15) is 4.79 Å². The van der Waals surface area contributed by atoms with Crippen LogP contribution in [0.3, 0.4) is 0 Å². The smallest absolute Gasteiger partial charge is 0.183 e. The number of anilines is 1. The van der Waals surface area contributed by atoms with Gasteiger partial charge in [-0.05, 0) is 55.8 Å². The number of nitrogens with two attached hydrogens (primary N) is 1. The fraction of sp³-hybridized carbons (Fsp3) is 0.400. The molecule has 7 nitrogen and oxygen atoms in total. The van der Waals surface area contributed by atoms with Crippen LogP contribution in [0.15, 0.2) is 52.7 Å². The van der Waals surface area contributed by atoms with Gasteiger partial charge in [0.05, 0.1) is 30.3 Å². The number of benzene rings is 1. The maximum atomic E-state index is 11.6. The molecule has 0 saturated heterocycles. The quantitative estimate of drug-likeness (QED) is 0.363. The van der Waals surface area contributed by atoms with Crippen LogP contribution in [-0.2, 0) is 4.79 Å². The van der Waals surface area contributed by atoms with Gasteiger partial charge in [-0.2, -0.15) is 0 Å². The molecule has 1 aromatic carbocycles. The number of hydrogen-bond acceptors (Lipinski definition) is 7. The van der Waals surface area contributed by atoms with Gasteiger partial charge in [0.2, 0.25) is 0 Å². The number of aliphatic hydroxyl groups is 2. The Morgan fingerprint density at radius 1 is 1.07 bits per heavy atom. The first kappa shape index (κ1) is 20.8. The number of nitrogens with one attached hydrogen (secondary N) is 1. The first-order valence-electron chi connectivity index (χ1n) is 9.10. The number of ketones is 1. The Hall–Kier alpha value is -2.48. The summed E-state index contributed by atoms with van der Waals surface area (Å²) in [6, 6.07) is 7.68. The van der Waals surface area contributed by atoms with Crippen LogP contribution < -0.4 is 11.1 Å². The van der Waals surface area contributed by atoms with E-state index >= 15 is 0 Å². The van der Waals surface area contributed by atoms with Crippen LogP contribution in [0.4, 0.5) is 11.4 Å². The minimum absolute atomic E-state index is 0.0810. The van der Waals surface area contributed by atoms with Gasteiger partial charge in [0.1, 0.15) is 0 Å². The zero-order valence-electron chi connectivity index (χ0n) is 15.7. The molecule has 0 amide bonds. The Balaban J connectivity index is 1.86. The molecule has 146 valence electrons. The van der Waals surface area contributed by atoms with E-state index in [0.29, 0.717) is 30.1 Å². The topological polar surface area (TPSA) is 111 Å². The van der Waals surface area contributed by atoms with Crippen LogP contribution in [0.1, 0.15) is 13.3 Å². The van der Waals surface area contributed by atoms with Crippen LogP contribution in [0.25, 0.3) is 0 Å². The van der Waals surface area contributed by atoms with Crippen molar-refractivity contribution in [2.45, 2.75) is 13.3 Å². The summed E-state index contributed by atoms with van der Waals surface area (Å²) in [7, 11) is 0. The normalized spacial score (nSPS) is 15.9. The monoisotopic (exact) mass is 372 g/mol. The van der Waals surface area contributed by atoms with Crippen molar-refractivity contribution >= 4 is 22.9 Å². The Morgan fingerprint density at radius 2 is 1.74 bits per heavy atom. The summed E-state index contributed by atoms with van der Waals surface area (Å²) in [4.78, 5) is 18.1. The van der Waals surface area contributed by atoms with Gasteiger partial charge in [-0.15, -0.1) is 0 Å². The van der Waals surface area contributed by atoms with E-state index in [4.69, 9.17) is 15.9 Å². The SMILES string of the molecule is CC1=C/C(=N\c2ccc(NCCCN(CCO)CCO)cc2)C(N)=CC1=O. The molecule has 5 N–H and O–H groups in total. The number of nitrogens with zero attached hydrogens (tertiary/aromatic N) is 2. The van der Waals surface area contributed by atoms with Crippen LogP contribution in [0.2, 0.25) is 0 Å². The Kier molecular flexibility index (Phi) is 8.19. The van der Waals surface area contributed by atoms with Crippen LogP contribution in [-0.4, -0.2) is 66.0 Å². The first-order valence-corrected chi connectivity index (χ1v) is 9.10.